The molecule has 1 aromatic heterocycles. The summed E-state index contributed by atoms with van der Waals surface area (Å²) < 4.78 is 23.5. The molecule has 0 saturated carbocycles. The fourth-order valence-electron chi connectivity index (χ4n) is 1.78. The second kappa shape index (κ2) is 5.92. The van der Waals surface area contributed by atoms with Gasteiger partial charge in [0.25, 0.3) is 5.88 Å². The lowest BCUT2D eigenvalue weighted by molar-refractivity contribution is -0.0118. The number of halogens is 1. The van der Waals surface area contributed by atoms with Crippen LogP contribution in [0.2, 0.25) is 0 Å². The van der Waals surface area contributed by atoms with Crippen LogP contribution in [-0.4, -0.2) is 61.4 Å². The molecule has 100 valence electrons. The number of anilines is 1. The molecule has 0 bridgehead atoms. The van der Waals surface area contributed by atoms with Gasteiger partial charge in [-0.2, -0.15) is 9.37 Å². The standard InChI is InChI=1S/C11H17FN4O2/c1-16-3-4-18-8(7-16)5-13-11-14-6-9(12)10(15-11)17-2/h6,8H,3-5,7H2,1-2H3,(H,13,14,15)/t8-/m1/s1. The Kier molecular flexibility index (Phi) is 4.27. The number of ether oxygens (including phenoxy) is 2. The van der Waals surface area contributed by atoms with E-state index in [2.05, 4.69) is 20.2 Å². The molecular weight excluding hydrogens is 239 g/mol. The van der Waals surface area contributed by atoms with E-state index in [0.29, 0.717) is 12.5 Å². The fraction of sp³-hybridized carbons (Fsp3) is 0.636. The van der Waals surface area contributed by atoms with Gasteiger partial charge >= 0.3 is 0 Å². The average Bonchev–Trinajstić information content (AvgIpc) is 2.38. The zero-order valence-corrected chi connectivity index (χ0v) is 10.5. The van der Waals surface area contributed by atoms with Gasteiger partial charge < -0.3 is 19.7 Å². The number of nitrogens with one attached hydrogen (secondary N) is 1. The molecule has 0 radical (unpaired) electrons. The second-order valence-corrected chi connectivity index (χ2v) is 4.19. The third-order valence-electron chi connectivity index (χ3n) is 2.74. The van der Waals surface area contributed by atoms with E-state index in [4.69, 9.17) is 9.47 Å². The summed E-state index contributed by atoms with van der Waals surface area (Å²) in [7, 11) is 3.42. The van der Waals surface area contributed by atoms with Crippen LogP contribution in [0, 0.1) is 5.82 Å². The summed E-state index contributed by atoms with van der Waals surface area (Å²) in [5, 5.41) is 3.02. The molecule has 0 aromatic carbocycles. The molecular formula is C11H17FN4O2. The zero-order chi connectivity index (χ0) is 13.0. The third-order valence-corrected chi connectivity index (χ3v) is 2.74. The molecule has 6 nitrogen and oxygen atoms in total. The van der Waals surface area contributed by atoms with Gasteiger partial charge in [-0.15, -0.1) is 0 Å². The number of aromatic nitrogens is 2. The number of methoxy groups -OCH3 is 1. The van der Waals surface area contributed by atoms with Crippen LogP contribution in [0.4, 0.5) is 10.3 Å². The minimum atomic E-state index is -0.573. The van der Waals surface area contributed by atoms with Crippen molar-refractivity contribution in [1.82, 2.24) is 14.9 Å². The first-order chi connectivity index (χ1) is 8.69. The summed E-state index contributed by atoms with van der Waals surface area (Å²) in [6.45, 7) is 3.10. The average molecular weight is 256 g/mol. The summed E-state index contributed by atoms with van der Waals surface area (Å²) >= 11 is 0. The Morgan fingerprint density at radius 3 is 3.22 bits per heavy atom. The maximum atomic E-state index is 13.1. The van der Waals surface area contributed by atoms with Crippen LogP contribution in [0.3, 0.4) is 0 Å². The largest absolute Gasteiger partial charge is 0.479 e. The second-order valence-electron chi connectivity index (χ2n) is 4.19. The van der Waals surface area contributed by atoms with Gasteiger partial charge in [0.2, 0.25) is 11.8 Å². The first-order valence-corrected chi connectivity index (χ1v) is 5.79. The molecule has 0 spiro atoms. The van der Waals surface area contributed by atoms with Crippen molar-refractivity contribution >= 4 is 5.95 Å². The van der Waals surface area contributed by atoms with E-state index >= 15 is 0 Å². The molecule has 0 amide bonds. The highest BCUT2D eigenvalue weighted by Crippen LogP contribution is 2.13. The smallest absolute Gasteiger partial charge is 0.255 e. The molecule has 1 atom stereocenters. The van der Waals surface area contributed by atoms with Crippen LogP contribution in [0.1, 0.15) is 0 Å². The molecule has 1 saturated heterocycles. The lowest BCUT2D eigenvalue weighted by atomic mass is 10.3. The van der Waals surface area contributed by atoms with E-state index in [9.17, 15) is 4.39 Å². The minimum absolute atomic E-state index is 0.0609. The maximum absolute atomic E-state index is 13.1. The van der Waals surface area contributed by atoms with Crippen molar-refractivity contribution in [3.05, 3.63) is 12.0 Å². The van der Waals surface area contributed by atoms with E-state index in [1.54, 1.807) is 0 Å². The number of nitrogens with zero attached hydrogens (tertiary/aromatic N) is 3. The Balaban J connectivity index is 1.89. The highest BCUT2D eigenvalue weighted by Gasteiger charge is 2.17. The molecule has 0 aliphatic carbocycles. The van der Waals surface area contributed by atoms with Crippen LogP contribution >= 0.6 is 0 Å². The van der Waals surface area contributed by atoms with Crippen molar-refractivity contribution in [2.24, 2.45) is 0 Å². The van der Waals surface area contributed by atoms with E-state index in [0.717, 1.165) is 25.9 Å². The lowest BCUT2D eigenvalue weighted by Crippen LogP contribution is -2.43. The molecule has 2 heterocycles. The predicted molar refractivity (Wildman–Crippen MR) is 64.3 cm³/mol. The molecule has 18 heavy (non-hydrogen) atoms. The van der Waals surface area contributed by atoms with Crippen molar-refractivity contribution in [1.29, 1.82) is 0 Å². The van der Waals surface area contributed by atoms with Crippen molar-refractivity contribution in [2.75, 3.05) is 45.7 Å². The molecule has 1 N–H and O–H groups in total. The first-order valence-electron chi connectivity index (χ1n) is 5.79. The van der Waals surface area contributed by atoms with Crippen LogP contribution in [-0.2, 0) is 4.74 Å². The Morgan fingerprint density at radius 1 is 1.67 bits per heavy atom. The van der Waals surface area contributed by atoms with Crippen molar-refractivity contribution in [3.8, 4) is 5.88 Å². The Morgan fingerprint density at radius 2 is 2.50 bits per heavy atom. The normalized spacial score (nSPS) is 20.7. The quantitative estimate of drug-likeness (QED) is 0.839. The highest BCUT2D eigenvalue weighted by atomic mass is 19.1. The van der Waals surface area contributed by atoms with Gasteiger partial charge in [0.15, 0.2) is 0 Å². The van der Waals surface area contributed by atoms with Crippen LogP contribution in [0.15, 0.2) is 6.20 Å². The molecule has 0 unspecified atom stereocenters. The molecule has 1 aromatic rings. The summed E-state index contributed by atoms with van der Waals surface area (Å²) in [4.78, 5) is 9.95. The maximum Gasteiger partial charge on any atom is 0.255 e. The monoisotopic (exact) mass is 256 g/mol. The molecule has 1 aliphatic rings. The highest BCUT2D eigenvalue weighted by molar-refractivity contribution is 5.28. The van der Waals surface area contributed by atoms with Gasteiger partial charge in [-0.05, 0) is 7.05 Å². The summed E-state index contributed by atoms with van der Waals surface area (Å²) in [6.07, 6.45) is 1.17. The van der Waals surface area contributed by atoms with E-state index in [1.165, 1.54) is 7.11 Å². The van der Waals surface area contributed by atoms with Crippen molar-refractivity contribution in [3.63, 3.8) is 0 Å². The third kappa shape index (κ3) is 3.27. The first kappa shape index (κ1) is 13.0. The van der Waals surface area contributed by atoms with Crippen LogP contribution < -0.4 is 10.1 Å². The number of rotatable bonds is 4. The van der Waals surface area contributed by atoms with Crippen LogP contribution in [0.5, 0.6) is 5.88 Å². The number of hydrogen-bond acceptors (Lipinski definition) is 6. The Labute approximate surface area is 105 Å². The summed E-state index contributed by atoms with van der Waals surface area (Å²) in [5.41, 5.74) is 0. The molecule has 1 fully saturated rings. The Hall–Kier alpha value is -1.47. The topological polar surface area (TPSA) is 59.5 Å². The van der Waals surface area contributed by atoms with Crippen molar-refractivity contribution < 1.29 is 13.9 Å². The van der Waals surface area contributed by atoms with E-state index < -0.39 is 5.82 Å². The Bertz CT molecular complexity index is 405. The lowest BCUT2D eigenvalue weighted by Gasteiger charge is -2.30. The van der Waals surface area contributed by atoms with Crippen molar-refractivity contribution in [2.45, 2.75) is 6.10 Å². The minimum Gasteiger partial charge on any atom is -0.479 e. The number of hydrogen-bond donors (Lipinski definition) is 1. The van der Waals surface area contributed by atoms with Gasteiger partial charge in [0, 0.05) is 19.6 Å². The number of morpholine rings is 1. The molecule has 7 heteroatoms. The van der Waals surface area contributed by atoms with Gasteiger partial charge in [-0.1, -0.05) is 0 Å². The van der Waals surface area contributed by atoms with Gasteiger partial charge in [-0.3, -0.25) is 0 Å². The van der Waals surface area contributed by atoms with E-state index in [-0.39, 0.29) is 12.0 Å². The predicted octanol–water partition coefficient (Wildman–Crippen LogP) is 0.367. The fourth-order valence-corrected chi connectivity index (χ4v) is 1.78. The SMILES string of the molecule is COc1nc(NC[C@@H]2CN(C)CCO2)ncc1F. The molecule has 2 rings (SSSR count). The zero-order valence-electron chi connectivity index (χ0n) is 10.5. The summed E-state index contributed by atoms with van der Waals surface area (Å²) in [5.74, 6) is -0.295. The van der Waals surface area contributed by atoms with E-state index in [1.807, 2.05) is 7.05 Å². The number of likely N-dealkylation sites (N-methyl/N-ethyl adjacent to an activating group) is 1. The summed E-state index contributed by atoms with van der Waals surface area (Å²) in [6, 6.07) is 0. The van der Waals surface area contributed by atoms with Gasteiger partial charge in [0.05, 0.1) is 26.0 Å². The van der Waals surface area contributed by atoms with Gasteiger partial charge in [-0.25, -0.2) is 4.98 Å². The van der Waals surface area contributed by atoms with Gasteiger partial charge in [0.1, 0.15) is 0 Å². The molecule has 1 aliphatic heterocycles. The van der Waals surface area contributed by atoms with Crippen LogP contribution in [0.25, 0.3) is 0 Å².